The third-order valence-corrected chi connectivity index (χ3v) is 7.42. The summed E-state index contributed by atoms with van der Waals surface area (Å²) in [6.07, 6.45) is 2.88. The molecule has 144 valence electrons. The fourth-order valence-corrected chi connectivity index (χ4v) is 5.92. The van der Waals surface area contributed by atoms with E-state index in [-0.39, 0.29) is 17.2 Å². The van der Waals surface area contributed by atoms with Crippen LogP contribution in [-0.2, 0) is 12.8 Å². The molecule has 2 aromatic heterocycles. The van der Waals surface area contributed by atoms with Crippen LogP contribution in [0, 0.1) is 29.0 Å². The lowest BCUT2D eigenvalue weighted by molar-refractivity contribution is 0.509. The Morgan fingerprint density at radius 1 is 1.46 bits per heavy atom. The van der Waals surface area contributed by atoms with E-state index < -0.39 is 5.82 Å². The monoisotopic (exact) mass is 413 g/mol. The molecule has 0 unspecified atom stereocenters. The van der Waals surface area contributed by atoms with Crippen LogP contribution in [0.4, 0.5) is 4.39 Å². The summed E-state index contributed by atoms with van der Waals surface area (Å²) in [5, 5.41) is 10.2. The Labute approximate surface area is 171 Å². The van der Waals surface area contributed by atoms with Crippen molar-refractivity contribution < 1.29 is 4.39 Å². The minimum atomic E-state index is -0.460. The molecule has 1 aromatic carbocycles. The van der Waals surface area contributed by atoms with Crippen molar-refractivity contribution in [3.63, 3.8) is 0 Å². The molecule has 7 heteroatoms. The zero-order valence-corrected chi connectivity index (χ0v) is 17.4. The summed E-state index contributed by atoms with van der Waals surface area (Å²) in [5.41, 5.74) is 1.08. The van der Waals surface area contributed by atoms with Crippen molar-refractivity contribution in [1.82, 2.24) is 9.55 Å². The lowest BCUT2D eigenvalue weighted by atomic mass is 9.89. The predicted octanol–water partition coefficient (Wildman–Crippen LogP) is 4.96. The van der Waals surface area contributed by atoms with Crippen molar-refractivity contribution in [2.24, 2.45) is 11.8 Å². The molecule has 0 N–H and O–H groups in total. The third kappa shape index (κ3) is 3.36. The van der Waals surface area contributed by atoms with Crippen molar-refractivity contribution in [3.8, 4) is 11.8 Å². The number of aromatic nitrogens is 2. The molecule has 0 amide bonds. The van der Waals surface area contributed by atoms with Gasteiger partial charge in [0.05, 0.1) is 23.1 Å². The van der Waals surface area contributed by atoms with Gasteiger partial charge in [-0.15, -0.1) is 11.3 Å². The van der Waals surface area contributed by atoms with Crippen LogP contribution >= 0.6 is 23.1 Å². The largest absolute Gasteiger partial charge is 0.268 e. The van der Waals surface area contributed by atoms with E-state index in [0.29, 0.717) is 22.2 Å². The summed E-state index contributed by atoms with van der Waals surface area (Å²) < 4.78 is 16.0. The van der Waals surface area contributed by atoms with Gasteiger partial charge >= 0.3 is 0 Å². The summed E-state index contributed by atoms with van der Waals surface area (Å²) >= 11 is 2.91. The Hall–Kier alpha value is -2.17. The lowest BCUT2D eigenvalue weighted by Crippen LogP contribution is -2.23. The summed E-state index contributed by atoms with van der Waals surface area (Å²) in [6.45, 7) is 4.05. The maximum absolute atomic E-state index is 14.6. The number of nitrogens with zero attached hydrogens (tertiary/aromatic N) is 3. The number of hydrogen-bond donors (Lipinski definition) is 0. The fraction of sp³-hybridized carbons (Fsp3) is 0.381. The van der Waals surface area contributed by atoms with Crippen LogP contribution in [0.2, 0.25) is 0 Å². The molecule has 0 spiro atoms. The fourth-order valence-electron chi connectivity index (χ4n) is 3.55. The second-order valence-corrected chi connectivity index (χ2v) is 9.43. The summed E-state index contributed by atoms with van der Waals surface area (Å²) in [7, 11) is 0. The molecule has 0 bridgehead atoms. The molecule has 1 aliphatic rings. The topological polar surface area (TPSA) is 58.7 Å². The first-order chi connectivity index (χ1) is 13.5. The van der Waals surface area contributed by atoms with E-state index in [1.807, 2.05) is 6.92 Å². The van der Waals surface area contributed by atoms with Crippen molar-refractivity contribution in [2.75, 3.05) is 5.75 Å². The molecule has 2 atom stereocenters. The Bertz CT molecular complexity index is 1140. The number of halogens is 1. The number of thioether (sulfide) groups is 1. The van der Waals surface area contributed by atoms with E-state index in [0.717, 1.165) is 29.7 Å². The molecule has 4 rings (SSSR count). The number of benzene rings is 1. The molecular formula is C21H20FN3OS2. The minimum Gasteiger partial charge on any atom is -0.268 e. The summed E-state index contributed by atoms with van der Waals surface area (Å²) in [6, 6.07) is 8.46. The van der Waals surface area contributed by atoms with Gasteiger partial charge in [0.15, 0.2) is 5.16 Å². The third-order valence-electron chi connectivity index (χ3n) is 5.07. The van der Waals surface area contributed by atoms with Gasteiger partial charge in [-0.25, -0.2) is 9.37 Å². The van der Waals surface area contributed by atoms with Crippen molar-refractivity contribution in [2.45, 2.75) is 38.3 Å². The Balaban J connectivity index is 1.96. The van der Waals surface area contributed by atoms with Gasteiger partial charge in [-0.05, 0) is 49.8 Å². The Morgan fingerprint density at radius 2 is 2.25 bits per heavy atom. The molecule has 2 heterocycles. The summed E-state index contributed by atoms with van der Waals surface area (Å²) in [4.78, 5) is 20.2. The predicted molar refractivity (Wildman–Crippen MR) is 112 cm³/mol. The number of fused-ring (bicyclic) bond motifs is 3. The zero-order valence-electron chi connectivity index (χ0n) is 15.7. The standard InChI is InChI=1S/C21H20FN3OS2/c1-12-7-8-14-17(9-12)28-19-18(14)20(26)25(16-6-4-3-5-15(16)22)21(24-19)27-11-13(2)10-23/h3-6,12-13H,7-9,11H2,1-2H3/t12-,13-/m0/s1. The second kappa shape index (κ2) is 7.69. The SMILES string of the molecule is C[C@H]1CCc2c(sc3nc(SC[C@@H](C)C#N)n(-c4ccccc4F)c(=O)c23)C1. The highest BCUT2D eigenvalue weighted by Crippen LogP contribution is 2.37. The van der Waals surface area contributed by atoms with Crippen LogP contribution in [0.5, 0.6) is 0 Å². The molecule has 0 saturated carbocycles. The molecule has 3 aromatic rings. The maximum atomic E-state index is 14.6. The first kappa shape index (κ1) is 19.2. The summed E-state index contributed by atoms with van der Waals surface area (Å²) in [5.74, 6) is 0.438. The smallest absolute Gasteiger partial charge is 0.267 e. The van der Waals surface area contributed by atoms with Crippen LogP contribution < -0.4 is 5.56 Å². The highest BCUT2D eigenvalue weighted by molar-refractivity contribution is 7.99. The van der Waals surface area contributed by atoms with E-state index in [1.165, 1.54) is 27.3 Å². The number of thiophene rings is 1. The number of hydrogen-bond acceptors (Lipinski definition) is 5. The number of rotatable bonds is 4. The molecule has 0 aliphatic heterocycles. The van der Waals surface area contributed by atoms with E-state index in [4.69, 9.17) is 10.2 Å². The quantitative estimate of drug-likeness (QED) is 0.448. The molecule has 0 fully saturated rings. The average molecular weight is 414 g/mol. The van der Waals surface area contributed by atoms with Crippen LogP contribution in [0.1, 0.15) is 30.7 Å². The maximum Gasteiger partial charge on any atom is 0.267 e. The first-order valence-electron chi connectivity index (χ1n) is 9.34. The van der Waals surface area contributed by atoms with E-state index in [9.17, 15) is 9.18 Å². The van der Waals surface area contributed by atoms with Crippen LogP contribution in [0.25, 0.3) is 15.9 Å². The van der Waals surface area contributed by atoms with Gasteiger partial charge in [0.25, 0.3) is 5.56 Å². The van der Waals surface area contributed by atoms with Crippen molar-refractivity contribution in [3.05, 3.63) is 50.9 Å². The molecule has 1 aliphatic carbocycles. The Morgan fingerprint density at radius 3 is 3.00 bits per heavy atom. The normalized spacial score (nSPS) is 17.3. The van der Waals surface area contributed by atoms with Gasteiger partial charge in [0, 0.05) is 10.6 Å². The van der Waals surface area contributed by atoms with E-state index in [1.54, 1.807) is 29.5 Å². The van der Waals surface area contributed by atoms with Crippen molar-refractivity contribution in [1.29, 1.82) is 5.26 Å². The van der Waals surface area contributed by atoms with Crippen LogP contribution in [0.3, 0.4) is 0 Å². The van der Waals surface area contributed by atoms with Crippen molar-refractivity contribution >= 4 is 33.3 Å². The number of nitriles is 1. The van der Waals surface area contributed by atoms with Crippen LogP contribution in [-0.4, -0.2) is 15.3 Å². The van der Waals surface area contributed by atoms with Crippen LogP contribution in [0.15, 0.2) is 34.2 Å². The Kier molecular flexibility index (Phi) is 5.26. The van der Waals surface area contributed by atoms with Gasteiger partial charge in [-0.1, -0.05) is 30.8 Å². The first-order valence-corrected chi connectivity index (χ1v) is 11.1. The highest BCUT2D eigenvalue weighted by Gasteiger charge is 2.25. The molecule has 0 saturated heterocycles. The van der Waals surface area contributed by atoms with Gasteiger partial charge < -0.3 is 0 Å². The van der Waals surface area contributed by atoms with Gasteiger partial charge in [0.2, 0.25) is 0 Å². The van der Waals surface area contributed by atoms with Gasteiger partial charge in [0.1, 0.15) is 10.6 Å². The molecular weight excluding hydrogens is 393 g/mol. The molecule has 4 nitrogen and oxygen atoms in total. The van der Waals surface area contributed by atoms with E-state index >= 15 is 0 Å². The number of para-hydroxylation sites is 1. The van der Waals surface area contributed by atoms with Gasteiger partial charge in [-0.3, -0.25) is 9.36 Å². The zero-order chi connectivity index (χ0) is 19.8. The average Bonchev–Trinajstić information content (AvgIpc) is 3.04. The highest BCUT2D eigenvalue weighted by atomic mass is 32.2. The van der Waals surface area contributed by atoms with E-state index in [2.05, 4.69) is 13.0 Å². The minimum absolute atomic E-state index is 0.191. The number of aryl methyl sites for hydroxylation is 1. The van der Waals surface area contributed by atoms with Gasteiger partial charge in [-0.2, -0.15) is 5.26 Å². The lowest BCUT2D eigenvalue weighted by Gasteiger charge is -2.18. The molecule has 0 radical (unpaired) electrons. The molecule has 28 heavy (non-hydrogen) atoms. The second-order valence-electron chi connectivity index (χ2n) is 7.36.